The summed E-state index contributed by atoms with van der Waals surface area (Å²) in [5, 5.41) is 6.51. The minimum atomic E-state index is -0.288. The van der Waals surface area contributed by atoms with Crippen LogP contribution in [-0.4, -0.2) is 35.7 Å². The molecule has 0 radical (unpaired) electrons. The monoisotopic (exact) mass is 309 g/mol. The Morgan fingerprint density at radius 2 is 2.19 bits per heavy atom. The molecule has 0 amide bonds. The van der Waals surface area contributed by atoms with Crippen molar-refractivity contribution >= 4 is 23.0 Å². The minimum absolute atomic E-state index is 0.288. The number of benzene rings is 1. The Morgan fingerprint density at radius 1 is 1.38 bits per heavy atom. The first-order chi connectivity index (χ1) is 10.2. The van der Waals surface area contributed by atoms with Gasteiger partial charge < -0.3 is 15.5 Å². The summed E-state index contributed by atoms with van der Waals surface area (Å²) in [6.45, 7) is 5.41. The van der Waals surface area contributed by atoms with Crippen molar-refractivity contribution in [3.05, 3.63) is 30.1 Å². The second kappa shape index (κ2) is 8.29. The Kier molecular flexibility index (Phi) is 6.39. The van der Waals surface area contributed by atoms with E-state index >= 15 is 0 Å². The Bertz CT molecular complexity index is 467. The third kappa shape index (κ3) is 5.25. The van der Waals surface area contributed by atoms with Crippen LogP contribution in [0.15, 0.2) is 24.3 Å². The van der Waals surface area contributed by atoms with E-state index in [2.05, 4.69) is 22.5 Å². The van der Waals surface area contributed by atoms with Gasteiger partial charge in [0.05, 0.1) is 5.69 Å². The average Bonchev–Trinajstić information content (AvgIpc) is 2.48. The smallest absolute Gasteiger partial charge is 0.170 e. The fourth-order valence-electron chi connectivity index (χ4n) is 2.70. The van der Waals surface area contributed by atoms with Crippen LogP contribution >= 0.6 is 12.2 Å². The second-order valence-corrected chi connectivity index (χ2v) is 6.00. The van der Waals surface area contributed by atoms with Crippen LogP contribution in [0.25, 0.3) is 0 Å². The topological polar surface area (TPSA) is 27.3 Å². The molecule has 116 valence electrons. The summed E-state index contributed by atoms with van der Waals surface area (Å²) in [6.07, 6.45) is 5.02. The van der Waals surface area contributed by atoms with Crippen LogP contribution in [0.2, 0.25) is 0 Å². The van der Waals surface area contributed by atoms with Gasteiger partial charge in [-0.25, -0.2) is 4.39 Å². The molecule has 0 saturated carbocycles. The summed E-state index contributed by atoms with van der Waals surface area (Å²) in [4.78, 5) is 2.54. The lowest BCUT2D eigenvalue weighted by Crippen LogP contribution is -2.39. The van der Waals surface area contributed by atoms with Crippen LogP contribution < -0.4 is 10.6 Å². The molecular weight excluding hydrogens is 285 g/mol. The third-order valence-corrected chi connectivity index (χ3v) is 4.22. The van der Waals surface area contributed by atoms with Crippen LogP contribution in [0.4, 0.5) is 10.1 Å². The summed E-state index contributed by atoms with van der Waals surface area (Å²) >= 11 is 5.19. The molecule has 21 heavy (non-hydrogen) atoms. The van der Waals surface area contributed by atoms with Gasteiger partial charge in [-0.2, -0.15) is 0 Å². The minimum Gasteiger partial charge on any atom is -0.362 e. The number of hydrogen-bond donors (Lipinski definition) is 2. The van der Waals surface area contributed by atoms with E-state index in [0.29, 0.717) is 16.8 Å². The number of anilines is 1. The number of hydrogen-bond acceptors (Lipinski definition) is 2. The van der Waals surface area contributed by atoms with Gasteiger partial charge in [0, 0.05) is 19.1 Å². The van der Waals surface area contributed by atoms with E-state index in [0.717, 1.165) is 19.5 Å². The molecule has 0 bridgehead atoms. The summed E-state index contributed by atoms with van der Waals surface area (Å²) in [7, 11) is 0. The lowest BCUT2D eigenvalue weighted by atomic mass is 10.0. The molecule has 2 N–H and O–H groups in total. The molecular formula is C16H24FN3S. The Balaban J connectivity index is 1.64. The summed E-state index contributed by atoms with van der Waals surface area (Å²) < 4.78 is 13.5. The molecule has 1 heterocycles. The summed E-state index contributed by atoms with van der Waals surface area (Å²) in [5.41, 5.74) is 0.416. The first-order valence-corrected chi connectivity index (χ1v) is 8.11. The normalized spacial score (nSPS) is 19.2. The molecule has 3 nitrogen and oxygen atoms in total. The third-order valence-electron chi connectivity index (χ3n) is 3.97. The molecule has 1 atom stereocenters. The highest BCUT2D eigenvalue weighted by molar-refractivity contribution is 7.80. The van der Waals surface area contributed by atoms with Crippen molar-refractivity contribution in [2.24, 2.45) is 0 Å². The second-order valence-electron chi connectivity index (χ2n) is 5.60. The highest BCUT2D eigenvalue weighted by Crippen LogP contribution is 2.16. The van der Waals surface area contributed by atoms with Gasteiger partial charge >= 0.3 is 0 Å². The van der Waals surface area contributed by atoms with Gasteiger partial charge in [-0.3, -0.25) is 0 Å². The fraction of sp³-hybridized carbons (Fsp3) is 0.562. The van der Waals surface area contributed by atoms with Crippen molar-refractivity contribution in [1.29, 1.82) is 0 Å². The van der Waals surface area contributed by atoms with E-state index in [1.54, 1.807) is 18.2 Å². The van der Waals surface area contributed by atoms with Crippen LogP contribution in [0.3, 0.4) is 0 Å². The highest BCUT2D eigenvalue weighted by atomic mass is 32.1. The Labute approximate surface area is 131 Å². The van der Waals surface area contributed by atoms with Crippen molar-refractivity contribution < 1.29 is 4.39 Å². The molecule has 1 aliphatic heterocycles. The first-order valence-electron chi connectivity index (χ1n) is 7.70. The van der Waals surface area contributed by atoms with Gasteiger partial charge in [0.15, 0.2) is 5.11 Å². The van der Waals surface area contributed by atoms with Crippen LogP contribution in [0.5, 0.6) is 0 Å². The van der Waals surface area contributed by atoms with E-state index in [9.17, 15) is 4.39 Å². The van der Waals surface area contributed by atoms with E-state index in [-0.39, 0.29) is 5.82 Å². The number of thiocarbonyl (C=S) groups is 1. The Hall–Kier alpha value is -1.20. The first kappa shape index (κ1) is 16.2. The fourth-order valence-corrected chi connectivity index (χ4v) is 2.91. The van der Waals surface area contributed by atoms with Gasteiger partial charge in [0.25, 0.3) is 0 Å². The standard InChI is InChI=1S/C16H24FN3S/c1-13-7-4-5-11-20(13)12-6-10-18-16(21)19-15-9-3-2-8-14(15)17/h2-3,8-9,13H,4-7,10-12H2,1H3,(H2,18,19,21)/t13-/m1/s1. The molecule has 1 aliphatic rings. The zero-order valence-electron chi connectivity index (χ0n) is 12.6. The molecule has 2 rings (SSSR count). The van der Waals surface area contributed by atoms with Crippen molar-refractivity contribution in [1.82, 2.24) is 10.2 Å². The lowest BCUT2D eigenvalue weighted by Gasteiger charge is -2.33. The molecule has 1 saturated heterocycles. The quantitative estimate of drug-likeness (QED) is 0.644. The van der Waals surface area contributed by atoms with E-state index in [4.69, 9.17) is 12.2 Å². The maximum Gasteiger partial charge on any atom is 0.170 e. The lowest BCUT2D eigenvalue weighted by molar-refractivity contribution is 0.159. The largest absolute Gasteiger partial charge is 0.362 e. The number of para-hydroxylation sites is 1. The molecule has 1 fully saturated rings. The Morgan fingerprint density at radius 3 is 2.95 bits per heavy atom. The maximum absolute atomic E-state index is 13.5. The number of nitrogens with one attached hydrogen (secondary N) is 2. The molecule has 1 aromatic carbocycles. The number of piperidine rings is 1. The van der Waals surface area contributed by atoms with Crippen LogP contribution in [-0.2, 0) is 0 Å². The number of halogens is 1. The maximum atomic E-state index is 13.5. The van der Waals surface area contributed by atoms with Crippen molar-refractivity contribution in [2.75, 3.05) is 25.0 Å². The number of nitrogens with zero attached hydrogens (tertiary/aromatic N) is 1. The van der Waals surface area contributed by atoms with Crippen molar-refractivity contribution in [3.63, 3.8) is 0 Å². The van der Waals surface area contributed by atoms with Crippen LogP contribution in [0, 0.1) is 5.82 Å². The average molecular weight is 309 g/mol. The van der Waals surface area contributed by atoms with Gasteiger partial charge in [-0.1, -0.05) is 18.6 Å². The predicted molar refractivity (Wildman–Crippen MR) is 90.1 cm³/mol. The molecule has 0 aromatic heterocycles. The van der Waals surface area contributed by atoms with Gasteiger partial charge in [0.2, 0.25) is 0 Å². The summed E-state index contributed by atoms with van der Waals surface area (Å²) in [5.74, 6) is -0.288. The van der Waals surface area contributed by atoms with Gasteiger partial charge in [-0.15, -0.1) is 0 Å². The number of rotatable bonds is 5. The van der Waals surface area contributed by atoms with Gasteiger partial charge in [0.1, 0.15) is 5.82 Å². The zero-order valence-corrected chi connectivity index (χ0v) is 13.4. The van der Waals surface area contributed by atoms with E-state index in [1.807, 2.05) is 0 Å². The predicted octanol–water partition coefficient (Wildman–Crippen LogP) is 3.38. The van der Waals surface area contributed by atoms with E-state index < -0.39 is 0 Å². The SMILES string of the molecule is C[C@@H]1CCCCN1CCCNC(=S)Nc1ccccc1F. The van der Waals surface area contributed by atoms with Gasteiger partial charge in [-0.05, 0) is 57.1 Å². The van der Waals surface area contributed by atoms with Crippen molar-refractivity contribution in [3.8, 4) is 0 Å². The molecule has 1 aromatic rings. The van der Waals surface area contributed by atoms with E-state index in [1.165, 1.54) is 31.9 Å². The summed E-state index contributed by atoms with van der Waals surface area (Å²) in [6, 6.07) is 7.24. The van der Waals surface area contributed by atoms with Crippen LogP contribution in [0.1, 0.15) is 32.6 Å². The highest BCUT2D eigenvalue weighted by Gasteiger charge is 2.17. The molecule has 0 spiro atoms. The molecule has 0 unspecified atom stereocenters. The molecule has 5 heteroatoms. The molecule has 0 aliphatic carbocycles. The number of likely N-dealkylation sites (tertiary alicyclic amines) is 1. The zero-order chi connectivity index (χ0) is 15.1. The van der Waals surface area contributed by atoms with Crippen molar-refractivity contribution in [2.45, 2.75) is 38.6 Å².